The van der Waals surface area contributed by atoms with Gasteiger partial charge in [0.1, 0.15) is 17.9 Å². The monoisotopic (exact) mass is 403 g/mol. The molecule has 0 bridgehead atoms. The third-order valence-corrected chi connectivity index (χ3v) is 4.79. The number of rotatable bonds is 5. The number of carbonyl (C=O) groups is 3. The summed E-state index contributed by atoms with van der Waals surface area (Å²) in [5, 5.41) is 21.5. The lowest BCUT2D eigenvalue weighted by Crippen LogP contribution is -2.42. The highest BCUT2D eigenvalue weighted by molar-refractivity contribution is 6.32. The fourth-order valence-corrected chi connectivity index (χ4v) is 3.34. The van der Waals surface area contributed by atoms with Crippen LogP contribution in [0.5, 0.6) is 5.75 Å². The summed E-state index contributed by atoms with van der Waals surface area (Å²) in [6.07, 6.45) is 0.166. The molecule has 7 nitrogen and oxygen atoms in total. The highest BCUT2D eigenvalue weighted by atomic mass is 35.5. The van der Waals surface area contributed by atoms with Crippen LogP contribution >= 0.6 is 11.6 Å². The number of cyclic esters (lactones) is 1. The van der Waals surface area contributed by atoms with Gasteiger partial charge in [0.15, 0.2) is 0 Å². The summed E-state index contributed by atoms with van der Waals surface area (Å²) in [5.74, 6) is -2.38. The molecule has 3 N–H and O–H groups in total. The van der Waals surface area contributed by atoms with E-state index in [0.29, 0.717) is 17.5 Å². The van der Waals surface area contributed by atoms with E-state index >= 15 is 0 Å². The molecule has 0 aliphatic carbocycles. The summed E-state index contributed by atoms with van der Waals surface area (Å²) in [6, 6.07) is 7.61. The maximum Gasteiger partial charge on any atom is 0.338 e. The average Bonchev–Trinajstić information content (AvgIpc) is 2.63. The van der Waals surface area contributed by atoms with Gasteiger partial charge < -0.3 is 20.3 Å². The molecule has 0 aromatic heterocycles. The normalized spacial score (nSPS) is 16.6. The second-order valence-electron chi connectivity index (χ2n) is 6.64. The SMILES string of the molecule is CC1Cc2c(Cl)cc(C(=O)N[C@@H](Cc3ccc(O)cc3)C(=O)O)cc2C(=O)O1. The average molecular weight is 404 g/mol. The van der Waals surface area contributed by atoms with E-state index in [1.165, 1.54) is 24.3 Å². The molecule has 8 heteroatoms. The minimum atomic E-state index is -1.21. The molecule has 0 radical (unpaired) electrons. The first-order valence-corrected chi connectivity index (χ1v) is 8.97. The number of halogens is 1. The molecule has 0 saturated carbocycles. The van der Waals surface area contributed by atoms with E-state index in [4.69, 9.17) is 16.3 Å². The van der Waals surface area contributed by atoms with E-state index in [0.717, 1.165) is 0 Å². The Bertz CT molecular complexity index is 940. The quantitative estimate of drug-likeness (QED) is 0.661. The number of hydrogen-bond donors (Lipinski definition) is 3. The fraction of sp³-hybridized carbons (Fsp3) is 0.250. The molecule has 146 valence electrons. The van der Waals surface area contributed by atoms with Gasteiger partial charge in [0.25, 0.3) is 5.91 Å². The second kappa shape index (κ2) is 7.90. The molecule has 2 aromatic carbocycles. The molecule has 2 atom stereocenters. The lowest BCUT2D eigenvalue weighted by atomic mass is 9.96. The third-order valence-electron chi connectivity index (χ3n) is 4.46. The Kier molecular flexibility index (Phi) is 5.56. The van der Waals surface area contributed by atoms with Crippen molar-refractivity contribution >= 4 is 29.4 Å². The Morgan fingerprint density at radius 1 is 1.29 bits per heavy atom. The molecule has 0 saturated heterocycles. The van der Waals surface area contributed by atoms with Crippen molar-refractivity contribution in [2.45, 2.75) is 31.9 Å². The van der Waals surface area contributed by atoms with E-state index < -0.39 is 23.9 Å². The van der Waals surface area contributed by atoms with Crippen molar-refractivity contribution in [2.75, 3.05) is 0 Å². The maximum atomic E-state index is 12.6. The van der Waals surface area contributed by atoms with Crippen LogP contribution < -0.4 is 5.32 Å². The Hall–Kier alpha value is -3.06. The van der Waals surface area contributed by atoms with Gasteiger partial charge in [0.05, 0.1) is 5.56 Å². The van der Waals surface area contributed by atoms with Crippen molar-refractivity contribution in [2.24, 2.45) is 0 Å². The van der Waals surface area contributed by atoms with Crippen LogP contribution in [0.3, 0.4) is 0 Å². The number of hydrogen-bond acceptors (Lipinski definition) is 5. The van der Waals surface area contributed by atoms with E-state index in [9.17, 15) is 24.6 Å². The van der Waals surface area contributed by atoms with Gasteiger partial charge in [-0.25, -0.2) is 9.59 Å². The topological polar surface area (TPSA) is 113 Å². The first kappa shape index (κ1) is 19.7. The van der Waals surface area contributed by atoms with Crippen LogP contribution in [-0.2, 0) is 22.4 Å². The first-order chi connectivity index (χ1) is 13.2. The van der Waals surface area contributed by atoms with Crippen LogP contribution in [0.25, 0.3) is 0 Å². The van der Waals surface area contributed by atoms with Crippen LogP contribution in [0.4, 0.5) is 0 Å². The number of esters is 1. The van der Waals surface area contributed by atoms with Gasteiger partial charge in [-0.2, -0.15) is 0 Å². The number of phenolic OH excluding ortho intramolecular Hbond substituents is 1. The van der Waals surface area contributed by atoms with Gasteiger partial charge in [-0.05, 0) is 42.3 Å². The predicted octanol–water partition coefficient (Wildman–Crippen LogP) is 2.57. The molecule has 1 aliphatic heterocycles. The van der Waals surface area contributed by atoms with Crippen molar-refractivity contribution in [1.82, 2.24) is 5.32 Å². The summed E-state index contributed by atoms with van der Waals surface area (Å²) in [6.45, 7) is 1.75. The fourth-order valence-electron chi connectivity index (χ4n) is 3.04. The van der Waals surface area contributed by atoms with Crippen LogP contribution in [0, 0.1) is 0 Å². The Morgan fingerprint density at radius 2 is 1.96 bits per heavy atom. The third kappa shape index (κ3) is 4.26. The number of carboxylic acids is 1. The van der Waals surface area contributed by atoms with Gasteiger partial charge in [-0.15, -0.1) is 0 Å². The number of aromatic hydroxyl groups is 1. The number of carboxylic acid groups (broad SMARTS) is 1. The van der Waals surface area contributed by atoms with Crippen LogP contribution in [0.1, 0.15) is 38.8 Å². The van der Waals surface area contributed by atoms with Crippen molar-refractivity contribution in [1.29, 1.82) is 0 Å². The van der Waals surface area contributed by atoms with E-state index in [-0.39, 0.29) is 34.4 Å². The zero-order valence-corrected chi connectivity index (χ0v) is 15.7. The lowest BCUT2D eigenvalue weighted by Gasteiger charge is -2.23. The van der Waals surface area contributed by atoms with Crippen LogP contribution in [0.2, 0.25) is 5.02 Å². The summed E-state index contributed by atoms with van der Waals surface area (Å²) in [4.78, 5) is 36.2. The van der Waals surface area contributed by atoms with Crippen molar-refractivity contribution in [3.05, 3.63) is 63.7 Å². The molecule has 1 unspecified atom stereocenters. The zero-order valence-electron chi connectivity index (χ0n) is 14.9. The minimum Gasteiger partial charge on any atom is -0.508 e. The summed E-state index contributed by atoms with van der Waals surface area (Å²) < 4.78 is 5.17. The van der Waals surface area contributed by atoms with Crippen LogP contribution in [0.15, 0.2) is 36.4 Å². The zero-order chi connectivity index (χ0) is 20.4. The maximum absolute atomic E-state index is 12.6. The Morgan fingerprint density at radius 3 is 2.61 bits per heavy atom. The summed E-state index contributed by atoms with van der Waals surface area (Å²) in [7, 11) is 0. The summed E-state index contributed by atoms with van der Waals surface area (Å²) >= 11 is 6.24. The molecule has 28 heavy (non-hydrogen) atoms. The number of phenols is 1. The number of amides is 1. The molecule has 1 aliphatic rings. The number of nitrogens with one attached hydrogen (secondary N) is 1. The van der Waals surface area contributed by atoms with Gasteiger partial charge >= 0.3 is 11.9 Å². The Balaban J connectivity index is 1.81. The first-order valence-electron chi connectivity index (χ1n) is 8.59. The molecule has 0 fully saturated rings. The van der Waals surface area contributed by atoms with E-state index in [1.54, 1.807) is 19.1 Å². The van der Waals surface area contributed by atoms with Crippen molar-refractivity contribution in [3.8, 4) is 5.75 Å². The minimum absolute atomic E-state index is 0.0274. The molecular weight excluding hydrogens is 386 g/mol. The number of benzene rings is 2. The largest absolute Gasteiger partial charge is 0.508 e. The second-order valence-corrected chi connectivity index (χ2v) is 7.05. The molecule has 1 heterocycles. The standard InChI is InChI=1S/C20H18ClNO6/c1-10-6-14-15(20(27)28-10)8-12(9-16(14)21)18(24)22-17(19(25)26)7-11-2-4-13(23)5-3-11/h2-5,8-10,17,23H,6-7H2,1H3,(H,22,24)(H,25,26)/t10?,17-/m0/s1. The van der Waals surface area contributed by atoms with Gasteiger partial charge in [0, 0.05) is 23.4 Å². The highest BCUT2D eigenvalue weighted by Crippen LogP contribution is 2.29. The van der Waals surface area contributed by atoms with Crippen molar-refractivity contribution < 1.29 is 29.3 Å². The highest BCUT2D eigenvalue weighted by Gasteiger charge is 2.28. The number of aliphatic carboxylic acids is 1. The van der Waals surface area contributed by atoms with Crippen LogP contribution in [-0.4, -0.2) is 40.2 Å². The smallest absolute Gasteiger partial charge is 0.338 e. The predicted molar refractivity (Wildman–Crippen MR) is 101 cm³/mol. The number of fused-ring (bicyclic) bond motifs is 1. The molecule has 1 amide bonds. The van der Waals surface area contributed by atoms with E-state index in [1.807, 2.05) is 0 Å². The van der Waals surface area contributed by atoms with Crippen molar-refractivity contribution in [3.63, 3.8) is 0 Å². The van der Waals surface area contributed by atoms with Gasteiger partial charge in [0.2, 0.25) is 0 Å². The molecule has 0 spiro atoms. The Labute approximate surface area is 165 Å². The van der Waals surface area contributed by atoms with E-state index in [2.05, 4.69) is 5.32 Å². The molecular formula is C20H18ClNO6. The number of carbonyl (C=O) groups excluding carboxylic acids is 2. The molecule has 2 aromatic rings. The van der Waals surface area contributed by atoms with Gasteiger partial charge in [-0.3, -0.25) is 4.79 Å². The van der Waals surface area contributed by atoms with Gasteiger partial charge in [-0.1, -0.05) is 23.7 Å². The molecule has 3 rings (SSSR count). The lowest BCUT2D eigenvalue weighted by molar-refractivity contribution is -0.139. The summed E-state index contributed by atoms with van der Waals surface area (Å²) in [5.41, 5.74) is 1.53. The number of ether oxygens (including phenoxy) is 1.